The van der Waals surface area contributed by atoms with E-state index in [0.29, 0.717) is 27.8 Å². The molecule has 1 heterocycles. The molecule has 7 nitrogen and oxygen atoms in total. The van der Waals surface area contributed by atoms with Crippen molar-refractivity contribution in [3.63, 3.8) is 0 Å². The molecule has 26 heavy (non-hydrogen) atoms. The van der Waals surface area contributed by atoms with Crippen LogP contribution in [-0.4, -0.2) is 26.8 Å². The normalized spacial score (nSPS) is 19.8. The van der Waals surface area contributed by atoms with Crippen LogP contribution in [0.1, 0.15) is 43.1 Å². The fourth-order valence-electron chi connectivity index (χ4n) is 3.38. The molecule has 2 aromatic rings. The van der Waals surface area contributed by atoms with Gasteiger partial charge in [0.2, 0.25) is 0 Å². The Morgan fingerprint density at radius 3 is 2.62 bits per heavy atom. The second-order valence-electron chi connectivity index (χ2n) is 6.74. The summed E-state index contributed by atoms with van der Waals surface area (Å²) in [5, 5.41) is 8.70. The second kappa shape index (κ2) is 7.82. The molecule has 1 aliphatic carbocycles. The minimum Gasteiger partial charge on any atom is -0.358 e. The molecule has 1 aromatic carbocycles. The molecule has 1 fully saturated rings. The van der Waals surface area contributed by atoms with Crippen LogP contribution in [0.2, 0.25) is 0 Å². The molecule has 1 aliphatic rings. The van der Waals surface area contributed by atoms with Crippen molar-refractivity contribution in [1.82, 2.24) is 25.9 Å². The lowest BCUT2D eigenvalue weighted by atomic mass is 9.86. The fourth-order valence-corrected chi connectivity index (χ4v) is 3.58. The summed E-state index contributed by atoms with van der Waals surface area (Å²) in [7, 11) is 1.52. The first-order valence-corrected chi connectivity index (χ1v) is 9.21. The maximum Gasteiger partial charge on any atom is 0.290 e. The zero-order chi connectivity index (χ0) is 18.7. The van der Waals surface area contributed by atoms with Gasteiger partial charge in [-0.2, -0.15) is 5.10 Å². The van der Waals surface area contributed by atoms with E-state index in [1.807, 2.05) is 0 Å². The van der Waals surface area contributed by atoms with Gasteiger partial charge >= 0.3 is 0 Å². The predicted octanol–water partition coefficient (Wildman–Crippen LogP) is 1.62. The summed E-state index contributed by atoms with van der Waals surface area (Å²) >= 11 is 5.29. The molecule has 0 unspecified atom stereocenters. The predicted molar refractivity (Wildman–Crippen MR) is 105 cm³/mol. The summed E-state index contributed by atoms with van der Waals surface area (Å²) in [6, 6.07) is 7.23. The summed E-state index contributed by atoms with van der Waals surface area (Å²) in [5.41, 5.74) is 5.24. The second-order valence-corrected chi connectivity index (χ2v) is 7.15. The van der Waals surface area contributed by atoms with Crippen molar-refractivity contribution >= 4 is 34.0 Å². The number of thiocarbonyl (C=S) groups is 1. The Hall–Kier alpha value is -2.48. The third-order valence-corrected chi connectivity index (χ3v) is 5.11. The number of amides is 1. The van der Waals surface area contributed by atoms with Crippen LogP contribution in [0.15, 0.2) is 29.1 Å². The number of carbonyl (C=O) groups is 1. The third-order valence-electron chi connectivity index (χ3n) is 4.89. The molecule has 0 aliphatic heterocycles. The van der Waals surface area contributed by atoms with E-state index in [9.17, 15) is 9.59 Å². The molecule has 3 rings (SSSR count). The first kappa shape index (κ1) is 18.3. The molecule has 3 N–H and O–H groups in total. The van der Waals surface area contributed by atoms with E-state index in [1.165, 1.54) is 26.3 Å². The minimum absolute atomic E-state index is 0.170. The molecule has 1 aromatic heterocycles. The molecule has 1 amide bonds. The lowest BCUT2D eigenvalue weighted by Gasteiger charge is -2.30. The van der Waals surface area contributed by atoms with E-state index in [2.05, 4.69) is 28.2 Å². The average molecular weight is 373 g/mol. The smallest absolute Gasteiger partial charge is 0.290 e. The van der Waals surface area contributed by atoms with E-state index >= 15 is 0 Å². The summed E-state index contributed by atoms with van der Waals surface area (Å²) in [6.07, 6.45) is 4.69. The number of hydrogen-bond donors (Lipinski definition) is 3. The van der Waals surface area contributed by atoms with Crippen LogP contribution in [0.25, 0.3) is 10.8 Å². The molecule has 138 valence electrons. The first-order chi connectivity index (χ1) is 12.5. The monoisotopic (exact) mass is 373 g/mol. The van der Waals surface area contributed by atoms with Crippen LogP contribution < -0.4 is 21.7 Å². The maximum atomic E-state index is 12.5. The van der Waals surface area contributed by atoms with E-state index in [0.717, 1.165) is 11.1 Å². The SMILES string of the molecule is C[C@H]1CCCC[C@@H]1NC(=S)NNC(=O)c1nn(C)c(=O)c2ccccc12. The first-order valence-electron chi connectivity index (χ1n) is 8.80. The molecule has 0 bridgehead atoms. The van der Waals surface area contributed by atoms with Crippen LogP contribution >= 0.6 is 12.2 Å². The van der Waals surface area contributed by atoms with Crippen molar-refractivity contribution in [3.8, 4) is 0 Å². The Kier molecular flexibility index (Phi) is 5.51. The Labute approximate surface area is 157 Å². The molecule has 8 heteroatoms. The standard InChI is InChI=1S/C18H23N5O2S/c1-11-7-3-6-10-14(11)19-18(26)21-20-16(24)15-12-8-4-5-9-13(12)17(25)23(2)22-15/h4-5,8-9,11,14H,3,6-7,10H2,1-2H3,(H,20,24)(H2,19,21,26)/t11-,14-/m0/s1. The Morgan fingerprint density at radius 2 is 1.88 bits per heavy atom. The van der Waals surface area contributed by atoms with Gasteiger partial charge in [-0.05, 0) is 37.0 Å². The molecule has 0 saturated heterocycles. The highest BCUT2D eigenvalue weighted by molar-refractivity contribution is 7.80. The zero-order valence-electron chi connectivity index (χ0n) is 14.9. The van der Waals surface area contributed by atoms with Crippen molar-refractivity contribution in [2.75, 3.05) is 0 Å². The van der Waals surface area contributed by atoms with Gasteiger partial charge < -0.3 is 5.32 Å². The van der Waals surface area contributed by atoms with Gasteiger partial charge in [-0.15, -0.1) is 0 Å². The number of aromatic nitrogens is 2. The van der Waals surface area contributed by atoms with Gasteiger partial charge in [0.05, 0.1) is 5.39 Å². The van der Waals surface area contributed by atoms with E-state index in [-0.39, 0.29) is 11.3 Å². The molecule has 2 atom stereocenters. The Balaban J connectivity index is 1.69. The molecular weight excluding hydrogens is 350 g/mol. The van der Waals surface area contributed by atoms with Crippen molar-refractivity contribution in [3.05, 3.63) is 40.3 Å². The molecule has 1 saturated carbocycles. The van der Waals surface area contributed by atoms with Gasteiger partial charge in [-0.1, -0.05) is 38.0 Å². The molecule has 0 radical (unpaired) electrons. The van der Waals surface area contributed by atoms with E-state index in [4.69, 9.17) is 12.2 Å². The van der Waals surface area contributed by atoms with E-state index < -0.39 is 5.91 Å². The number of carbonyl (C=O) groups excluding carboxylic acids is 1. The minimum atomic E-state index is -0.447. The van der Waals surface area contributed by atoms with Crippen LogP contribution in [0.3, 0.4) is 0 Å². The number of nitrogens with zero attached hydrogens (tertiary/aromatic N) is 2. The van der Waals surface area contributed by atoms with Gasteiger partial charge in [0.1, 0.15) is 0 Å². The van der Waals surface area contributed by atoms with E-state index in [1.54, 1.807) is 24.3 Å². The molecule has 0 spiro atoms. The van der Waals surface area contributed by atoms with Crippen LogP contribution in [0.5, 0.6) is 0 Å². The van der Waals surface area contributed by atoms with Crippen molar-refractivity contribution in [1.29, 1.82) is 0 Å². The highest BCUT2D eigenvalue weighted by Gasteiger charge is 2.22. The third kappa shape index (κ3) is 3.85. The van der Waals surface area contributed by atoms with Crippen molar-refractivity contribution in [2.45, 2.75) is 38.6 Å². The number of hydrogen-bond acceptors (Lipinski definition) is 4. The quantitative estimate of drug-likeness (QED) is 0.548. The van der Waals surface area contributed by atoms with Gasteiger partial charge in [-0.25, -0.2) is 4.68 Å². The van der Waals surface area contributed by atoms with Gasteiger partial charge in [-0.3, -0.25) is 20.4 Å². The summed E-state index contributed by atoms with van der Waals surface area (Å²) in [5.74, 6) is 0.103. The van der Waals surface area contributed by atoms with Crippen LogP contribution in [-0.2, 0) is 7.05 Å². The lowest BCUT2D eigenvalue weighted by Crippen LogP contribution is -2.51. The number of benzene rings is 1. The lowest BCUT2D eigenvalue weighted by molar-refractivity contribution is 0.0938. The van der Waals surface area contributed by atoms with Crippen molar-refractivity contribution < 1.29 is 4.79 Å². The zero-order valence-corrected chi connectivity index (χ0v) is 15.7. The highest BCUT2D eigenvalue weighted by atomic mass is 32.1. The summed E-state index contributed by atoms with van der Waals surface area (Å²) in [6.45, 7) is 2.21. The largest absolute Gasteiger partial charge is 0.358 e. The topological polar surface area (TPSA) is 88.0 Å². The summed E-state index contributed by atoms with van der Waals surface area (Å²) in [4.78, 5) is 24.7. The fraction of sp³-hybridized carbons (Fsp3) is 0.444. The summed E-state index contributed by atoms with van der Waals surface area (Å²) < 4.78 is 1.16. The van der Waals surface area contributed by atoms with Gasteiger partial charge in [0.25, 0.3) is 11.5 Å². The number of fused-ring (bicyclic) bond motifs is 1. The van der Waals surface area contributed by atoms with Crippen molar-refractivity contribution in [2.24, 2.45) is 13.0 Å². The van der Waals surface area contributed by atoms with Gasteiger partial charge in [0.15, 0.2) is 10.8 Å². The average Bonchev–Trinajstić information content (AvgIpc) is 2.64. The Morgan fingerprint density at radius 1 is 1.19 bits per heavy atom. The highest BCUT2D eigenvalue weighted by Crippen LogP contribution is 2.23. The maximum absolute atomic E-state index is 12.5. The number of aryl methyl sites for hydroxylation is 1. The van der Waals surface area contributed by atoms with Crippen LogP contribution in [0, 0.1) is 5.92 Å². The Bertz CT molecular complexity index is 895. The number of rotatable bonds is 2. The van der Waals surface area contributed by atoms with Crippen LogP contribution in [0.4, 0.5) is 0 Å². The molecular formula is C18H23N5O2S. The van der Waals surface area contributed by atoms with Gasteiger partial charge in [0, 0.05) is 18.5 Å². The number of hydrazine groups is 1. The number of nitrogens with one attached hydrogen (secondary N) is 3.